The molecule has 2 aromatic rings. The number of amides is 2. The molecule has 1 atom stereocenters. The van der Waals surface area contributed by atoms with Crippen molar-refractivity contribution in [2.75, 3.05) is 19.8 Å². The lowest BCUT2D eigenvalue weighted by molar-refractivity contribution is -0.140. The molecule has 0 aromatic heterocycles. The van der Waals surface area contributed by atoms with Crippen LogP contribution in [0.5, 0.6) is 11.5 Å². The molecule has 1 N–H and O–H groups in total. The van der Waals surface area contributed by atoms with Crippen molar-refractivity contribution < 1.29 is 19.1 Å². The monoisotopic (exact) mass is 430 g/mol. The summed E-state index contributed by atoms with van der Waals surface area (Å²) in [6, 6.07) is 12.5. The van der Waals surface area contributed by atoms with Crippen LogP contribution < -0.4 is 14.8 Å². The van der Waals surface area contributed by atoms with E-state index in [1.165, 1.54) is 0 Å². The summed E-state index contributed by atoms with van der Waals surface area (Å²) in [6.07, 6.45) is 0.810. The standard InChI is InChI=1S/C23H27ClN2O4/c1-3-25-23(28)16(2)26(15-18-6-4-5-7-19(18)24)22(27)11-9-17-8-10-20-21(14-17)30-13-12-29-20/h4-8,10,14,16H,3,9,11-13,15H2,1-2H3,(H,25,28)/t16-/m0/s1. The fourth-order valence-electron chi connectivity index (χ4n) is 3.35. The van der Waals surface area contributed by atoms with Gasteiger partial charge in [0.25, 0.3) is 0 Å². The summed E-state index contributed by atoms with van der Waals surface area (Å²) in [7, 11) is 0. The third-order valence-corrected chi connectivity index (χ3v) is 5.42. The van der Waals surface area contributed by atoms with Crippen LogP contribution in [0.1, 0.15) is 31.4 Å². The summed E-state index contributed by atoms with van der Waals surface area (Å²) in [6.45, 7) is 5.44. The molecule has 1 heterocycles. The number of rotatable bonds is 8. The zero-order chi connectivity index (χ0) is 21.5. The van der Waals surface area contributed by atoms with Crippen molar-refractivity contribution in [1.82, 2.24) is 10.2 Å². The number of hydrogen-bond donors (Lipinski definition) is 1. The highest BCUT2D eigenvalue weighted by molar-refractivity contribution is 6.31. The number of nitrogens with one attached hydrogen (secondary N) is 1. The fourth-order valence-corrected chi connectivity index (χ4v) is 3.55. The summed E-state index contributed by atoms with van der Waals surface area (Å²) in [5.41, 5.74) is 1.79. The number of carbonyl (C=O) groups excluding carboxylic acids is 2. The third kappa shape index (κ3) is 5.45. The molecule has 0 saturated carbocycles. The Bertz CT molecular complexity index is 903. The highest BCUT2D eigenvalue weighted by Gasteiger charge is 2.26. The van der Waals surface area contributed by atoms with Crippen molar-refractivity contribution in [2.45, 2.75) is 39.3 Å². The molecular weight excluding hydrogens is 404 g/mol. The molecule has 0 fully saturated rings. The lowest BCUT2D eigenvalue weighted by atomic mass is 10.1. The van der Waals surface area contributed by atoms with Crippen molar-refractivity contribution in [3.8, 4) is 11.5 Å². The first kappa shape index (κ1) is 22.0. The SMILES string of the molecule is CCNC(=O)[C@H](C)N(Cc1ccccc1Cl)C(=O)CCc1ccc2c(c1)OCCO2. The van der Waals surface area contributed by atoms with E-state index in [0.29, 0.717) is 37.0 Å². The van der Waals surface area contributed by atoms with Crippen LogP contribution in [0, 0.1) is 0 Å². The Balaban J connectivity index is 1.72. The van der Waals surface area contributed by atoms with Crippen LogP contribution in [0.4, 0.5) is 0 Å². The second-order valence-corrected chi connectivity index (χ2v) is 7.57. The van der Waals surface area contributed by atoms with E-state index in [-0.39, 0.29) is 24.8 Å². The second kappa shape index (κ2) is 10.3. The van der Waals surface area contributed by atoms with Crippen molar-refractivity contribution >= 4 is 23.4 Å². The Morgan fingerprint density at radius 1 is 1.13 bits per heavy atom. The number of likely N-dealkylation sites (N-methyl/N-ethyl adjacent to an activating group) is 1. The van der Waals surface area contributed by atoms with Gasteiger partial charge in [-0.1, -0.05) is 35.9 Å². The van der Waals surface area contributed by atoms with Gasteiger partial charge in [-0.15, -0.1) is 0 Å². The minimum Gasteiger partial charge on any atom is -0.486 e. The van der Waals surface area contributed by atoms with Gasteiger partial charge in [0.15, 0.2) is 11.5 Å². The van der Waals surface area contributed by atoms with Crippen LogP contribution >= 0.6 is 11.6 Å². The van der Waals surface area contributed by atoms with Gasteiger partial charge >= 0.3 is 0 Å². The van der Waals surface area contributed by atoms with Crippen molar-refractivity contribution in [3.05, 3.63) is 58.6 Å². The Morgan fingerprint density at radius 2 is 1.87 bits per heavy atom. The summed E-state index contributed by atoms with van der Waals surface area (Å²) in [4.78, 5) is 27.1. The predicted octanol–water partition coefficient (Wildman–Crippen LogP) is 3.60. The predicted molar refractivity (Wildman–Crippen MR) is 116 cm³/mol. The van der Waals surface area contributed by atoms with E-state index in [0.717, 1.165) is 16.9 Å². The van der Waals surface area contributed by atoms with Gasteiger partial charge in [0.1, 0.15) is 19.3 Å². The van der Waals surface area contributed by atoms with E-state index >= 15 is 0 Å². The van der Waals surface area contributed by atoms with Crippen LogP contribution in [-0.2, 0) is 22.6 Å². The third-order valence-electron chi connectivity index (χ3n) is 5.05. The number of fused-ring (bicyclic) bond motifs is 1. The van der Waals surface area contributed by atoms with Crippen LogP contribution in [0.25, 0.3) is 0 Å². The Hall–Kier alpha value is -2.73. The molecule has 6 nitrogen and oxygen atoms in total. The van der Waals surface area contributed by atoms with Crippen LogP contribution in [0.15, 0.2) is 42.5 Å². The summed E-state index contributed by atoms with van der Waals surface area (Å²) < 4.78 is 11.2. The fraction of sp³-hybridized carbons (Fsp3) is 0.391. The van der Waals surface area contributed by atoms with Gasteiger partial charge in [0.05, 0.1) is 0 Å². The zero-order valence-electron chi connectivity index (χ0n) is 17.3. The molecule has 0 radical (unpaired) electrons. The van der Waals surface area contributed by atoms with Crippen LogP contribution in [0.2, 0.25) is 5.02 Å². The minimum absolute atomic E-state index is 0.108. The van der Waals surface area contributed by atoms with Gasteiger partial charge in [-0.05, 0) is 49.6 Å². The first-order chi connectivity index (χ1) is 14.5. The molecule has 30 heavy (non-hydrogen) atoms. The molecule has 0 saturated heterocycles. The van der Waals surface area contributed by atoms with Crippen LogP contribution in [-0.4, -0.2) is 42.5 Å². The Labute approximate surface area is 182 Å². The van der Waals surface area contributed by atoms with E-state index in [1.807, 2.05) is 43.3 Å². The smallest absolute Gasteiger partial charge is 0.242 e. The maximum atomic E-state index is 13.1. The lowest BCUT2D eigenvalue weighted by Crippen LogP contribution is -2.47. The molecule has 7 heteroatoms. The first-order valence-electron chi connectivity index (χ1n) is 10.2. The normalized spacial score (nSPS) is 13.4. The summed E-state index contributed by atoms with van der Waals surface area (Å²) >= 11 is 6.29. The number of ether oxygens (including phenoxy) is 2. The van der Waals surface area contributed by atoms with Gasteiger partial charge in [0.2, 0.25) is 11.8 Å². The Kier molecular flexibility index (Phi) is 7.57. The first-order valence-corrected chi connectivity index (χ1v) is 10.6. The van der Waals surface area contributed by atoms with Gasteiger partial charge in [-0.2, -0.15) is 0 Å². The highest BCUT2D eigenvalue weighted by Crippen LogP contribution is 2.31. The maximum absolute atomic E-state index is 13.1. The van der Waals surface area contributed by atoms with E-state index in [9.17, 15) is 9.59 Å². The zero-order valence-corrected chi connectivity index (χ0v) is 18.1. The topological polar surface area (TPSA) is 67.9 Å². The minimum atomic E-state index is -0.603. The van der Waals surface area contributed by atoms with E-state index in [1.54, 1.807) is 17.9 Å². The average Bonchev–Trinajstić information content (AvgIpc) is 2.76. The number of nitrogens with zero attached hydrogens (tertiary/aromatic N) is 1. The van der Waals surface area contributed by atoms with E-state index in [2.05, 4.69) is 5.32 Å². The van der Waals surface area contributed by atoms with Crippen molar-refractivity contribution in [1.29, 1.82) is 0 Å². The largest absolute Gasteiger partial charge is 0.486 e. The average molecular weight is 431 g/mol. The lowest BCUT2D eigenvalue weighted by Gasteiger charge is -2.29. The van der Waals surface area contributed by atoms with Crippen LogP contribution in [0.3, 0.4) is 0 Å². The molecule has 160 valence electrons. The highest BCUT2D eigenvalue weighted by atomic mass is 35.5. The summed E-state index contributed by atoms with van der Waals surface area (Å²) in [5.74, 6) is 1.14. The molecule has 2 aromatic carbocycles. The van der Waals surface area contributed by atoms with Crippen molar-refractivity contribution in [2.24, 2.45) is 0 Å². The molecule has 0 unspecified atom stereocenters. The van der Waals surface area contributed by atoms with Gasteiger partial charge < -0.3 is 19.7 Å². The van der Waals surface area contributed by atoms with Gasteiger partial charge in [-0.3, -0.25) is 9.59 Å². The number of benzene rings is 2. The number of hydrogen-bond acceptors (Lipinski definition) is 4. The Morgan fingerprint density at radius 3 is 2.60 bits per heavy atom. The quantitative estimate of drug-likeness (QED) is 0.694. The molecule has 2 amide bonds. The van der Waals surface area contributed by atoms with Gasteiger partial charge in [0, 0.05) is 24.5 Å². The van der Waals surface area contributed by atoms with Crippen molar-refractivity contribution in [3.63, 3.8) is 0 Å². The van der Waals surface area contributed by atoms with E-state index in [4.69, 9.17) is 21.1 Å². The molecule has 3 rings (SSSR count). The molecular formula is C23H27ClN2O4. The number of aryl methyl sites for hydroxylation is 1. The molecule has 0 bridgehead atoms. The maximum Gasteiger partial charge on any atom is 0.242 e. The molecule has 1 aliphatic heterocycles. The van der Waals surface area contributed by atoms with E-state index < -0.39 is 6.04 Å². The molecule has 0 spiro atoms. The molecule has 1 aliphatic rings. The van der Waals surface area contributed by atoms with Gasteiger partial charge in [-0.25, -0.2) is 0 Å². The second-order valence-electron chi connectivity index (χ2n) is 7.16. The number of carbonyl (C=O) groups is 2. The summed E-state index contributed by atoms with van der Waals surface area (Å²) in [5, 5.41) is 3.37. The number of halogens is 1. The molecule has 0 aliphatic carbocycles.